The van der Waals surface area contributed by atoms with E-state index < -0.39 is 5.97 Å². The van der Waals surface area contributed by atoms with E-state index in [0.29, 0.717) is 35.0 Å². The molecule has 0 radical (unpaired) electrons. The van der Waals surface area contributed by atoms with Crippen LogP contribution in [0.3, 0.4) is 0 Å². The number of rotatable bonds is 8. The molecule has 6 nitrogen and oxygen atoms in total. The molecule has 1 N–H and O–H groups in total. The fourth-order valence-electron chi connectivity index (χ4n) is 2.67. The number of carboxylic acid groups (broad SMARTS) is 1. The Hall–Kier alpha value is -2.89. The van der Waals surface area contributed by atoms with Gasteiger partial charge in [-0.05, 0) is 47.4 Å². The van der Waals surface area contributed by atoms with Crippen LogP contribution in [-0.4, -0.2) is 39.5 Å². The van der Waals surface area contributed by atoms with Crippen LogP contribution in [-0.2, 0) is 17.6 Å². The highest BCUT2D eigenvalue weighted by Gasteiger charge is 2.15. The highest BCUT2D eigenvalue weighted by Crippen LogP contribution is 2.33. The summed E-state index contributed by atoms with van der Waals surface area (Å²) in [5.41, 5.74) is 2.50. The lowest BCUT2D eigenvalue weighted by molar-refractivity contribution is -0.136. The Bertz CT molecular complexity index is 754. The number of methoxy groups -OCH3 is 4. The summed E-state index contributed by atoms with van der Waals surface area (Å²) in [6.07, 6.45) is 0.437. The number of carbonyl (C=O) groups is 1. The monoisotopic (exact) mass is 346 g/mol. The molecular weight excluding hydrogens is 324 g/mol. The molecule has 25 heavy (non-hydrogen) atoms. The summed E-state index contributed by atoms with van der Waals surface area (Å²) in [5.74, 6) is 1.44. The van der Waals surface area contributed by atoms with Gasteiger partial charge in [-0.15, -0.1) is 0 Å². The molecule has 0 spiro atoms. The zero-order valence-electron chi connectivity index (χ0n) is 14.8. The number of carboxylic acids is 1. The predicted molar refractivity (Wildman–Crippen MR) is 93.2 cm³/mol. The van der Waals surface area contributed by atoms with Crippen LogP contribution in [0.5, 0.6) is 23.0 Å². The third-order valence-electron chi connectivity index (χ3n) is 3.89. The first kappa shape index (κ1) is 18.4. The summed E-state index contributed by atoms with van der Waals surface area (Å²) in [4.78, 5) is 11.2. The maximum absolute atomic E-state index is 11.2. The van der Waals surface area contributed by atoms with Gasteiger partial charge in [-0.1, -0.05) is 6.07 Å². The lowest BCUT2D eigenvalue weighted by Gasteiger charge is -2.15. The fraction of sp³-hybridized carbons (Fsp3) is 0.316. The summed E-state index contributed by atoms with van der Waals surface area (Å²) < 4.78 is 21.2. The first-order valence-corrected chi connectivity index (χ1v) is 7.68. The van der Waals surface area contributed by atoms with E-state index in [9.17, 15) is 9.90 Å². The zero-order chi connectivity index (χ0) is 18.4. The normalized spacial score (nSPS) is 10.2. The fourth-order valence-corrected chi connectivity index (χ4v) is 2.67. The van der Waals surface area contributed by atoms with Gasteiger partial charge in [-0.3, -0.25) is 4.79 Å². The van der Waals surface area contributed by atoms with Gasteiger partial charge in [-0.25, -0.2) is 0 Å². The number of ether oxygens (including phenoxy) is 4. The molecule has 2 rings (SSSR count). The third-order valence-corrected chi connectivity index (χ3v) is 3.89. The molecule has 0 saturated carbocycles. The summed E-state index contributed by atoms with van der Waals surface area (Å²) in [7, 11) is 6.23. The van der Waals surface area contributed by atoms with Crippen molar-refractivity contribution in [2.75, 3.05) is 28.4 Å². The minimum Gasteiger partial charge on any atom is -0.493 e. The Morgan fingerprint density at radius 2 is 1.32 bits per heavy atom. The van der Waals surface area contributed by atoms with Gasteiger partial charge >= 0.3 is 5.97 Å². The largest absolute Gasteiger partial charge is 0.493 e. The first-order valence-electron chi connectivity index (χ1n) is 7.68. The van der Waals surface area contributed by atoms with Crippen molar-refractivity contribution in [3.8, 4) is 23.0 Å². The summed E-state index contributed by atoms with van der Waals surface area (Å²) in [6, 6.07) is 9.14. The van der Waals surface area contributed by atoms with Gasteiger partial charge in [0.25, 0.3) is 0 Å². The molecule has 2 aromatic rings. The zero-order valence-corrected chi connectivity index (χ0v) is 14.8. The average Bonchev–Trinajstić information content (AvgIpc) is 2.62. The van der Waals surface area contributed by atoms with E-state index in [2.05, 4.69) is 0 Å². The maximum Gasteiger partial charge on any atom is 0.307 e. The Balaban J connectivity index is 2.44. The standard InChI is InChI=1S/C19H22O6/c1-22-15-6-5-12(8-16(15)23-2)7-13-9-17(24-3)18(25-4)10-14(13)11-19(20)21/h5-6,8-10H,7,11H2,1-4H3,(H,20,21). The van der Waals surface area contributed by atoms with Crippen molar-refractivity contribution in [1.82, 2.24) is 0 Å². The molecule has 134 valence electrons. The second-order valence-electron chi connectivity index (χ2n) is 5.41. The molecule has 0 aliphatic carbocycles. The molecule has 0 aliphatic heterocycles. The van der Waals surface area contributed by atoms with Crippen LogP contribution in [0.4, 0.5) is 0 Å². The van der Waals surface area contributed by atoms with Gasteiger partial charge in [0, 0.05) is 0 Å². The maximum atomic E-state index is 11.2. The lowest BCUT2D eigenvalue weighted by Crippen LogP contribution is -2.06. The SMILES string of the molecule is COc1ccc(Cc2cc(OC)c(OC)cc2CC(=O)O)cc1OC. The third kappa shape index (κ3) is 4.35. The van der Waals surface area contributed by atoms with Crippen molar-refractivity contribution in [2.24, 2.45) is 0 Å². The van der Waals surface area contributed by atoms with E-state index in [0.717, 1.165) is 11.1 Å². The van der Waals surface area contributed by atoms with Crippen molar-refractivity contribution < 1.29 is 28.8 Å². The average molecular weight is 346 g/mol. The molecule has 0 amide bonds. The van der Waals surface area contributed by atoms with Crippen molar-refractivity contribution in [1.29, 1.82) is 0 Å². The van der Waals surface area contributed by atoms with E-state index in [1.165, 1.54) is 7.11 Å². The van der Waals surface area contributed by atoms with Gasteiger partial charge in [-0.2, -0.15) is 0 Å². The number of hydrogen-bond acceptors (Lipinski definition) is 5. The number of benzene rings is 2. The molecule has 0 fully saturated rings. The van der Waals surface area contributed by atoms with E-state index in [4.69, 9.17) is 18.9 Å². The van der Waals surface area contributed by atoms with E-state index >= 15 is 0 Å². The molecule has 2 aromatic carbocycles. The second-order valence-corrected chi connectivity index (χ2v) is 5.41. The highest BCUT2D eigenvalue weighted by molar-refractivity contribution is 5.71. The van der Waals surface area contributed by atoms with Crippen molar-refractivity contribution in [3.05, 3.63) is 47.0 Å². The van der Waals surface area contributed by atoms with Gasteiger partial charge in [0.1, 0.15) is 0 Å². The Morgan fingerprint density at radius 1 is 0.800 bits per heavy atom. The van der Waals surface area contributed by atoms with Crippen LogP contribution < -0.4 is 18.9 Å². The minimum atomic E-state index is -0.902. The summed E-state index contributed by atoms with van der Waals surface area (Å²) >= 11 is 0. The van der Waals surface area contributed by atoms with Gasteiger partial charge in [0.05, 0.1) is 34.9 Å². The van der Waals surface area contributed by atoms with Crippen LogP contribution in [0.2, 0.25) is 0 Å². The number of aliphatic carboxylic acids is 1. The molecule has 0 saturated heterocycles. The molecular formula is C19H22O6. The van der Waals surface area contributed by atoms with Crippen LogP contribution in [0.25, 0.3) is 0 Å². The highest BCUT2D eigenvalue weighted by atomic mass is 16.5. The Morgan fingerprint density at radius 3 is 1.84 bits per heavy atom. The first-order chi connectivity index (χ1) is 12.0. The molecule has 0 bridgehead atoms. The number of hydrogen-bond donors (Lipinski definition) is 1. The Labute approximate surface area is 146 Å². The molecule has 0 aromatic heterocycles. The topological polar surface area (TPSA) is 74.2 Å². The summed E-state index contributed by atoms with van der Waals surface area (Å²) in [6.45, 7) is 0. The van der Waals surface area contributed by atoms with Crippen molar-refractivity contribution in [2.45, 2.75) is 12.8 Å². The van der Waals surface area contributed by atoms with Crippen LogP contribution >= 0.6 is 0 Å². The van der Waals surface area contributed by atoms with E-state index in [-0.39, 0.29) is 6.42 Å². The van der Waals surface area contributed by atoms with Gasteiger partial charge in [0.15, 0.2) is 23.0 Å². The van der Waals surface area contributed by atoms with E-state index in [1.54, 1.807) is 27.4 Å². The molecule has 0 heterocycles. The lowest BCUT2D eigenvalue weighted by atomic mass is 9.96. The van der Waals surface area contributed by atoms with Crippen LogP contribution in [0.15, 0.2) is 30.3 Å². The van der Waals surface area contributed by atoms with Gasteiger partial charge in [0.2, 0.25) is 0 Å². The van der Waals surface area contributed by atoms with Crippen molar-refractivity contribution in [3.63, 3.8) is 0 Å². The van der Waals surface area contributed by atoms with Gasteiger partial charge < -0.3 is 24.1 Å². The Kier molecular flexibility index (Phi) is 6.11. The molecule has 0 unspecified atom stereocenters. The molecule has 0 aliphatic rings. The van der Waals surface area contributed by atoms with Crippen molar-refractivity contribution >= 4 is 5.97 Å². The quantitative estimate of drug-likeness (QED) is 0.792. The molecule has 6 heteroatoms. The van der Waals surface area contributed by atoms with E-state index in [1.807, 2.05) is 24.3 Å². The van der Waals surface area contributed by atoms with Crippen LogP contribution in [0.1, 0.15) is 16.7 Å². The second kappa shape index (κ2) is 8.28. The van der Waals surface area contributed by atoms with Crippen LogP contribution in [0, 0.1) is 0 Å². The molecule has 0 atom stereocenters. The predicted octanol–water partition coefficient (Wildman–Crippen LogP) is 2.94. The smallest absolute Gasteiger partial charge is 0.307 e. The minimum absolute atomic E-state index is 0.0943. The summed E-state index contributed by atoms with van der Waals surface area (Å²) in [5, 5.41) is 9.19.